The minimum absolute atomic E-state index is 0.0305. The smallest absolute Gasteiger partial charge is 0.287 e. The van der Waals surface area contributed by atoms with Crippen molar-refractivity contribution in [3.05, 3.63) is 39.8 Å². The quantitative estimate of drug-likeness (QED) is 0.619. The van der Waals surface area contributed by atoms with E-state index in [0.29, 0.717) is 23.6 Å². The lowest BCUT2D eigenvalue weighted by molar-refractivity contribution is -0.385. The number of nitro groups is 1. The Bertz CT molecular complexity index is 662. The lowest BCUT2D eigenvalue weighted by Gasteiger charge is -2.03. The predicted molar refractivity (Wildman–Crippen MR) is 67.9 cm³/mol. The van der Waals surface area contributed by atoms with Gasteiger partial charge in [-0.1, -0.05) is 13.3 Å². The molecule has 0 bridgehead atoms. The zero-order valence-electron chi connectivity index (χ0n) is 10.7. The van der Waals surface area contributed by atoms with Gasteiger partial charge in [0.15, 0.2) is 0 Å². The average Bonchev–Trinajstić information content (AvgIpc) is 2.93. The molecule has 0 aliphatic heterocycles. The molecule has 19 heavy (non-hydrogen) atoms. The summed E-state index contributed by atoms with van der Waals surface area (Å²) < 4.78 is 2.94. The summed E-state index contributed by atoms with van der Waals surface area (Å²) in [6.45, 7) is 1.94. The molecule has 0 aromatic carbocycles. The van der Waals surface area contributed by atoms with Crippen LogP contribution in [-0.2, 0) is 13.5 Å². The molecule has 0 radical (unpaired) electrons. The first kappa shape index (κ1) is 12.8. The third kappa shape index (κ3) is 2.08. The minimum Gasteiger partial charge on any atom is -0.287 e. The van der Waals surface area contributed by atoms with Crippen molar-refractivity contribution in [1.29, 1.82) is 5.26 Å². The van der Waals surface area contributed by atoms with Gasteiger partial charge in [0.05, 0.1) is 4.92 Å². The van der Waals surface area contributed by atoms with Crippen LogP contribution in [0.5, 0.6) is 0 Å². The molecule has 0 spiro atoms. The molecule has 0 aliphatic rings. The standard InChI is InChI=1S/C12H13N5O2/c1-3-5-10-11(17(18)19)12(15(2)14-10)16-7-4-6-9(16)8-13/h4,6-7H,3,5H2,1-2H3. The van der Waals surface area contributed by atoms with Crippen molar-refractivity contribution >= 4 is 5.69 Å². The highest BCUT2D eigenvalue weighted by atomic mass is 16.6. The summed E-state index contributed by atoms with van der Waals surface area (Å²) in [6.07, 6.45) is 2.93. The number of rotatable bonds is 4. The third-order valence-electron chi connectivity index (χ3n) is 2.82. The van der Waals surface area contributed by atoms with Gasteiger partial charge >= 0.3 is 5.69 Å². The van der Waals surface area contributed by atoms with Crippen molar-refractivity contribution in [2.45, 2.75) is 19.8 Å². The number of hydrogen-bond donors (Lipinski definition) is 0. The highest BCUT2D eigenvalue weighted by Crippen LogP contribution is 2.28. The molecule has 0 atom stereocenters. The van der Waals surface area contributed by atoms with Crippen molar-refractivity contribution in [1.82, 2.24) is 14.3 Å². The van der Waals surface area contributed by atoms with Crippen molar-refractivity contribution in [3.63, 3.8) is 0 Å². The number of aryl methyl sites for hydroxylation is 2. The molecule has 0 saturated carbocycles. The number of aromatic nitrogens is 3. The van der Waals surface area contributed by atoms with Gasteiger partial charge in [-0.25, -0.2) is 4.68 Å². The highest BCUT2D eigenvalue weighted by Gasteiger charge is 2.28. The van der Waals surface area contributed by atoms with E-state index in [1.165, 1.54) is 9.25 Å². The molecule has 2 aromatic rings. The van der Waals surface area contributed by atoms with E-state index >= 15 is 0 Å². The molecule has 0 saturated heterocycles. The number of hydrogen-bond acceptors (Lipinski definition) is 4. The van der Waals surface area contributed by atoms with Gasteiger partial charge in [-0.2, -0.15) is 10.4 Å². The molecule has 0 amide bonds. The Balaban J connectivity index is 2.70. The van der Waals surface area contributed by atoms with E-state index in [0.717, 1.165) is 6.42 Å². The molecule has 2 aromatic heterocycles. The number of nitriles is 1. The fourth-order valence-electron chi connectivity index (χ4n) is 2.08. The zero-order chi connectivity index (χ0) is 14.0. The Morgan fingerprint density at radius 2 is 2.32 bits per heavy atom. The van der Waals surface area contributed by atoms with Crippen LogP contribution in [0.3, 0.4) is 0 Å². The Morgan fingerprint density at radius 1 is 1.58 bits per heavy atom. The van der Waals surface area contributed by atoms with E-state index in [1.807, 2.05) is 13.0 Å². The van der Waals surface area contributed by atoms with Gasteiger partial charge in [-0.15, -0.1) is 0 Å². The largest absolute Gasteiger partial charge is 0.334 e. The molecule has 0 fully saturated rings. The topological polar surface area (TPSA) is 89.7 Å². The van der Waals surface area contributed by atoms with Crippen LogP contribution in [0.4, 0.5) is 5.69 Å². The highest BCUT2D eigenvalue weighted by molar-refractivity contribution is 5.54. The van der Waals surface area contributed by atoms with Crippen LogP contribution < -0.4 is 0 Å². The van der Waals surface area contributed by atoms with Gasteiger partial charge in [-0.05, 0) is 18.6 Å². The summed E-state index contributed by atoms with van der Waals surface area (Å²) in [4.78, 5) is 10.8. The summed E-state index contributed by atoms with van der Waals surface area (Å²) in [7, 11) is 1.64. The predicted octanol–water partition coefficient (Wildman–Crippen LogP) is 1.94. The fraction of sp³-hybridized carbons (Fsp3) is 0.333. The summed E-state index contributed by atoms with van der Waals surface area (Å²) in [5.74, 6) is 0.315. The second kappa shape index (κ2) is 4.94. The normalized spacial score (nSPS) is 10.4. The average molecular weight is 259 g/mol. The minimum atomic E-state index is -0.436. The SMILES string of the molecule is CCCc1nn(C)c(-n2cccc2C#N)c1[N+](=O)[O-]. The van der Waals surface area contributed by atoms with Crippen molar-refractivity contribution in [3.8, 4) is 11.9 Å². The third-order valence-corrected chi connectivity index (χ3v) is 2.82. The fourth-order valence-corrected chi connectivity index (χ4v) is 2.08. The van der Waals surface area contributed by atoms with Gasteiger partial charge in [0.1, 0.15) is 17.5 Å². The maximum atomic E-state index is 11.3. The number of nitrogens with zero attached hydrogens (tertiary/aromatic N) is 5. The summed E-state index contributed by atoms with van der Waals surface area (Å²) in [5.41, 5.74) is 0.758. The summed E-state index contributed by atoms with van der Waals surface area (Å²) in [5, 5.41) is 24.5. The van der Waals surface area contributed by atoms with Crippen LogP contribution in [0.15, 0.2) is 18.3 Å². The van der Waals surface area contributed by atoms with Crippen LogP contribution in [0, 0.1) is 21.4 Å². The Morgan fingerprint density at radius 3 is 2.89 bits per heavy atom. The molecular formula is C12H13N5O2. The van der Waals surface area contributed by atoms with Crippen LogP contribution in [0.1, 0.15) is 24.7 Å². The van der Waals surface area contributed by atoms with E-state index in [9.17, 15) is 10.1 Å². The lowest BCUT2D eigenvalue weighted by Crippen LogP contribution is -2.05. The van der Waals surface area contributed by atoms with Gasteiger partial charge in [0.25, 0.3) is 0 Å². The van der Waals surface area contributed by atoms with Crippen molar-refractivity contribution in [2.24, 2.45) is 7.05 Å². The molecule has 0 unspecified atom stereocenters. The Hall–Kier alpha value is -2.62. The molecule has 0 N–H and O–H groups in total. The Kier molecular flexibility index (Phi) is 3.33. The van der Waals surface area contributed by atoms with Gasteiger partial charge in [0, 0.05) is 13.2 Å². The maximum Gasteiger partial charge on any atom is 0.334 e. The first-order valence-corrected chi connectivity index (χ1v) is 5.88. The second-order valence-electron chi connectivity index (χ2n) is 4.12. The lowest BCUT2D eigenvalue weighted by atomic mass is 10.2. The molecule has 0 aliphatic carbocycles. The van der Waals surface area contributed by atoms with E-state index in [2.05, 4.69) is 5.10 Å². The first-order valence-electron chi connectivity index (χ1n) is 5.88. The molecule has 98 valence electrons. The zero-order valence-corrected chi connectivity index (χ0v) is 10.7. The second-order valence-corrected chi connectivity index (χ2v) is 4.12. The van der Waals surface area contributed by atoms with Gasteiger partial charge in [0.2, 0.25) is 5.82 Å². The van der Waals surface area contributed by atoms with Crippen LogP contribution in [0.25, 0.3) is 5.82 Å². The molecule has 7 nitrogen and oxygen atoms in total. The van der Waals surface area contributed by atoms with E-state index in [1.54, 1.807) is 25.4 Å². The maximum absolute atomic E-state index is 11.3. The van der Waals surface area contributed by atoms with Crippen molar-refractivity contribution < 1.29 is 4.92 Å². The van der Waals surface area contributed by atoms with Crippen LogP contribution >= 0.6 is 0 Å². The van der Waals surface area contributed by atoms with Crippen LogP contribution in [-0.4, -0.2) is 19.3 Å². The van der Waals surface area contributed by atoms with Gasteiger partial charge in [-0.3, -0.25) is 14.7 Å². The van der Waals surface area contributed by atoms with Gasteiger partial charge < -0.3 is 0 Å². The van der Waals surface area contributed by atoms with Crippen LogP contribution in [0.2, 0.25) is 0 Å². The monoisotopic (exact) mass is 259 g/mol. The molecule has 2 heterocycles. The molecule has 2 rings (SSSR count). The van der Waals surface area contributed by atoms with E-state index < -0.39 is 4.92 Å². The van der Waals surface area contributed by atoms with E-state index in [-0.39, 0.29) is 5.69 Å². The first-order chi connectivity index (χ1) is 9.10. The summed E-state index contributed by atoms with van der Waals surface area (Å²) in [6, 6.07) is 5.29. The molecule has 7 heteroatoms. The van der Waals surface area contributed by atoms with E-state index in [4.69, 9.17) is 5.26 Å². The summed E-state index contributed by atoms with van der Waals surface area (Å²) >= 11 is 0. The molecular weight excluding hydrogens is 246 g/mol. The van der Waals surface area contributed by atoms with Crippen molar-refractivity contribution in [2.75, 3.05) is 0 Å². The Labute approximate surface area is 109 Å².